The molecule has 0 aliphatic heterocycles. The fourth-order valence-corrected chi connectivity index (χ4v) is 1.49. The Bertz CT molecular complexity index is 473. The predicted molar refractivity (Wildman–Crippen MR) is 67.4 cm³/mol. The van der Waals surface area contributed by atoms with E-state index in [0.29, 0.717) is 11.4 Å². The maximum atomic E-state index is 11.6. The summed E-state index contributed by atoms with van der Waals surface area (Å²) in [6.45, 7) is 3.34. The lowest BCUT2D eigenvalue weighted by Gasteiger charge is -2.18. The molecule has 1 amide bonds. The fraction of sp³-hybridized carbons (Fsp3) is 0.455. The number of anilines is 1. The molecule has 1 aromatic rings. The molecule has 1 N–H and O–H groups in total. The van der Waals surface area contributed by atoms with Crippen molar-refractivity contribution in [3.63, 3.8) is 0 Å². The van der Waals surface area contributed by atoms with Gasteiger partial charge in [0.25, 0.3) is 5.69 Å². The number of carbonyl (C=O) groups is 1. The molecule has 0 spiro atoms. The first-order chi connectivity index (χ1) is 8.32. The summed E-state index contributed by atoms with van der Waals surface area (Å²) in [6, 6.07) is 1.12. The minimum atomic E-state index is -0.486. The van der Waals surface area contributed by atoms with Gasteiger partial charge in [0.15, 0.2) is 0 Å². The molecule has 0 aliphatic carbocycles. The number of nitro groups is 1. The van der Waals surface area contributed by atoms with Crippen LogP contribution in [0.15, 0.2) is 12.3 Å². The van der Waals surface area contributed by atoms with Crippen LogP contribution in [0.3, 0.4) is 0 Å². The van der Waals surface area contributed by atoms with Crippen LogP contribution in [0.25, 0.3) is 0 Å². The quantitative estimate of drug-likeness (QED) is 0.642. The number of carbonyl (C=O) groups excluding carboxylic acids is 1. The van der Waals surface area contributed by atoms with Gasteiger partial charge in [-0.25, -0.2) is 4.98 Å². The summed E-state index contributed by atoms with van der Waals surface area (Å²) in [4.78, 5) is 27.2. The molecule has 1 rings (SSSR count). The van der Waals surface area contributed by atoms with E-state index in [4.69, 9.17) is 0 Å². The lowest BCUT2D eigenvalue weighted by molar-refractivity contribution is -0.385. The zero-order valence-electron chi connectivity index (χ0n) is 10.8. The Morgan fingerprint density at radius 2 is 2.17 bits per heavy atom. The van der Waals surface area contributed by atoms with Crippen molar-refractivity contribution in [2.24, 2.45) is 0 Å². The highest BCUT2D eigenvalue weighted by Gasteiger charge is 2.17. The maximum Gasteiger partial charge on any atom is 0.290 e. The first kappa shape index (κ1) is 13.9. The van der Waals surface area contributed by atoms with E-state index in [2.05, 4.69) is 10.3 Å². The van der Waals surface area contributed by atoms with Crippen LogP contribution in [0.4, 0.5) is 11.5 Å². The van der Waals surface area contributed by atoms with Crippen LogP contribution >= 0.6 is 0 Å². The van der Waals surface area contributed by atoms with E-state index in [1.165, 1.54) is 11.1 Å². The molecule has 7 heteroatoms. The number of hydrogen-bond donors (Lipinski definition) is 1. The van der Waals surface area contributed by atoms with Crippen LogP contribution in [0.2, 0.25) is 0 Å². The average molecular weight is 252 g/mol. The van der Waals surface area contributed by atoms with Crippen molar-refractivity contribution in [1.82, 2.24) is 9.88 Å². The first-order valence-corrected chi connectivity index (χ1v) is 5.41. The van der Waals surface area contributed by atoms with E-state index in [0.717, 1.165) is 0 Å². The standard InChI is InChI=1S/C11H16N4O3/c1-7-5-10(12-6-9(7)15(17)18)13-8(2)11(16)14(3)4/h5-6,8H,1-4H3,(H,12,13)/t8-/m0/s1. The van der Waals surface area contributed by atoms with Crippen molar-refractivity contribution in [2.45, 2.75) is 19.9 Å². The average Bonchev–Trinajstić information content (AvgIpc) is 2.27. The number of likely N-dealkylation sites (N-methyl/N-ethyl adjacent to an activating group) is 1. The van der Waals surface area contributed by atoms with Gasteiger partial charge in [-0.2, -0.15) is 0 Å². The SMILES string of the molecule is Cc1cc(N[C@@H](C)C(=O)N(C)C)ncc1[N+](=O)[O-]. The van der Waals surface area contributed by atoms with Crippen molar-refractivity contribution >= 4 is 17.4 Å². The zero-order valence-corrected chi connectivity index (χ0v) is 10.8. The summed E-state index contributed by atoms with van der Waals surface area (Å²) in [5, 5.41) is 13.5. The van der Waals surface area contributed by atoms with E-state index in [-0.39, 0.29) is 11.6 Å². The number of aromatic nitrogens is 1. The molecule has 0 unspecified atom stereocenters. The second-order valence-electron chi connectivity index (χ2n) is 4.21. The molecule has 7 nitrogen and oxygen atoms in total. The van der Waals surface area contributed by atoms with Crippen LogP contribution < -0.4 is 5.32 Å². The van der Waals surface area contributed by atoms with Gasteiger partial charge in [-0.1, -0.05) is 0 Å². The smallest absolute Gasteiger partial charge is 0.290 e. The minimum absolute atomic E-state index is 0.0351. The number of amides is 1. The second-order valence-corrected chi connectivity index (χ2v) is 4.21. The number of pyridine rings is 1. The number of aryl methyl sites for hydroxylation is 1. The lowest BCUT2D eigenvalue weighted by Crippen LogP contribution is -2.36. The summed E-state index contributed by atoms with van der Waals surface area (Å²) in [5.41, 5.74) is 0.467. The summed E-state index contributed by atoms with van der Waals surface area (Å²) in [5.74, 6) is 0.355. The molecular formula is C11H16N4O3. The molecule has 0 aliphatic rings. The number of nitrogens with zero attached hydrogens (tertiary/aromatic N) is 3. The molecule has 1 aromatic heterocycles. The molecule has 0 radical (unpaired) electrons. The van der Waals surface area contributed by atoms with Crippen LogP contribution in [-0.4, -0.2) is 40.9 Å². The highest BCUT2D eigenvalue weighted by Crippen LogP contribution is 2.19. The molecular weight excluding hydrogens is 236 g/mol. The molecule has 0 saturated carbocycles. The van der Waals surface area contributed by atoms with Gasteiger partial charge in [0.1, 0.15) is 18.1 Å². The molecule has 0 fully saturated rings. The van der Waals surface area contributed by atoms with E-state index < -0.39 is 11.0 Å². The van der Waals surface area contributed by atoms with Crippen molar-refractivity contribution in [3.8, 4) is 0 Å². The second kappa shape index (κ2) is 5.44. The Kier molecular flexibility index (Phi) is 4.19. The van der Waals surface area contributed by atoms with E-state index in [1.54, 1.807) is 34.0 Å². The summed E-state index contributed by atoms with van der Waals surface area (Å²) < 4.78 is 0. The largest absolute Gasteiger partial charge is 0.359 e. The monoisotopic (exact) mass is 252 g/mol. The third-order valence-corrected chi connectivity index (χ3v) is 2.46. The fourth-order valence-electron chi connectivity index (χ4n) is 1.49. The van der Waals surface area contributed by atoms with Gasteiger partial charge >= 0.3 is 0 Å². The highest BCUT2D eigenvalue weighted by atomic mass is 16.6. The Labute approximate surface area is 105 Å². The van der Waals surface area contributed by atoms with E-state index in [9.17, 15) is 14.9 Å². The maximum absolute atomic E-state index is 11.6. The van der Waals surface area contributed by atoms with Crippen LogP contribution in [-0.2, 0) is 4.79 Å². The van der Waals surface area contributed by atoms with Gasteiger partial charge in [-0.05, 0) is 19.9 Å². The van der Waals surface area contributed by atoms with E-state index >= 15 is 0 Å². The molecule has 1 heterocycles. The zero-order chi connectivity index (χ0) is 13.9. The molecule has 1 atom stereocenters. The van der Waals surface area contributed by atoms with Gasteiger partial charge in [-0.15, -0.1) is 0 Å². The number of rotatable bonds is 4. The summed E-state index contributed by atoms with van der Waals surface area (Å²) in [6.07, 6.45) is 1.19. The normalized spacial score (nSPS) is 11.8. The van der Waals surface area contributed by atoms with Crippen LogP contribution in [0.5, 0.6) is 0 Å². The molecule has 98 valence electrons. The van der Waals surface area contributed by atoms with Gasteiger partial charge in [0, 0.05) is 19.7 Å². The first-order valence-electron chi connectivity index (χ1n) is 5.41. The highest BCUT2D eigenvalue weighted by molar-refractivity contribution is 5.83. The topological polar surface area (TPSA) is 88.4 Å². The van der Waals surface area contributed by atoms with Crippen molar-refractivity contribution in [3.05, 3.63) is 27.9 Å². The number of hydrogen-bond acceptors (Lipinski definition) is 5. The van der Waals surface area contributed by atoms with E-state index in [1.807, 2.05) is 0 Å². The van der Waals surface area contributed by atoms with Gasteiger partial charge in [0.05, 0.1) is 4.92 Å². The minimum Gasteiger partial charge on any atom is -0.359 e. The van der Waals surface area contributed by atoms with Crippen LogP contribution in [0.1, 0.15) is 12.5 Å². The molecule has 18 heavy (non-hydrogen) atoms. The predicted octanol–water partition coefficient (Wildman–Crippen LogP) is 1.19. The van der Waals surface area contributed by atoms with Gasteiger partial charge < -0.3 is 10.2 Å². The molecule has 0 aromatic carbocycles. The third-order valence-electron chi connectivity index (χ3n) is 2.46. The van der Waals surface area contributed by atoms with Crippen molar-refractivity contribution in [1.29, 1.82) is 0 Å². The van der Waals surface area contributed by atoms with Gasteiger partial charge in [-0.3, -0.25) is 14.9 Å². The molecule has 0 bridgehead atoms. The lowest BCUT2D eigenvalue weighted by atomic mass is 10.2. The van der Waals surface area contributed by atoms with Crippen molar-refractivity contribution < 1.29 is 9.72 Å². The number of nitrogens with one attached hydrogen (secondary N) is 1. The van der Waals surface area contributed by atoms with Crippen molar-refractivity contribution in [2.75, 3.05) is 19.4 Å². The summed E-state index contributed by atoms with van der Waals surface area (Å²) in [7, 11) is 3.32. The Balaban J connectivity index is 2.84. The van der Waals surface area contributed by atoms with Gasteiger partial charge in [0.2, 0.25) is 5.91 Å². The molecule has 0 saturated heterocycles. The van der Waals surface area contributed by atoms with Crippen LogP contribution in [0, 0.1) is 17.0 Å². The Hall–Kier alpha value is -2.18. The summed E-state index contributed by atoms with van der Waals surface area (Å²) >= 11 is 0. The Morgan fingerprint density at radius 3 is 2.61 bits per heavy atom. The Morgan fingerprint density at radius 1 is 1.56 bits per heavy atom. The third kappa shape index (κ3) is 3.16.